The first-order valence-corrected chi connectivity index (χ1v) is 9.24. The molecule has 1 aromatic heterocycles. The minimum atomic E-state index is -0.609. The third kappa shape index (κ3) is 3.40. The quantitative estimate of drug-likeness (QED) is 0.583. The van der Waals surface area contributed by atoms with E-state index in [1.54, 1.807) is 17.9 Å². The number of amides is 3. The third-order valence-electron chi connectivity index (χ3n) is 5.09. The van der Waals surface area contributed by atoms with E-state index in [4.69, 9.17) is 4.74 Å². The van der Waals surface area contributed by atoms with Crippen LogP contribution < -0.4 is 5.32 Å². The fourth-order valence-electron chi connectivity index (χ4n) is 3.64. The molecule has 2 aromatic rings. The van der Waals surface area contributed by atoms with Gasteiger partial charge in [-0.3, -0.25) is 24.4 Å². The van der Waals surface area contributed by atoms with Gasteiger partial charge in [-0.1, -0.05) is 11.3 Å². The minimum Gasteiger partial charge on any atom is -0.385 e. The summed E-state index contributed by atoms with van der Waals surface area (Å²) in [7, 11) is 1.66. The Kier molecular flexibility index (Phi) is 4.91. The average molecular weight is 383 g/mol. The molecular weight excluding hydrogens is 362 g/mol. The molecule has 0 aliphatic carbocycles. The Morgan fingerprint density at radius 1 is 1.29 bits per heavy atom. The summed E-state index contributed by atoms with van der Waals surface area (Å²) >= 11 is 0. The van der Waals surface area contributed by atoms with Crippen molar-refractivity contribution in [3.8, 4) is 11.3 Å². The standard InChI is InChI=1S/C19H21N5O4/c1-28-8-2-7-23-11-15(21-22-23)12-3-4-14-13(9-12)10-24(19(14)27)16-5-6-17(25)20-18(16)26/h3-4,9,11,16H,2,5-8,10H2,1H3,(H,20,25,26). The van der Waals surface area contributed by atoms with E-state index < -0.39 is 11.9 Å². The second-order valence-corrected chi connectivity index (χ2v) is 6.99. The van der Waals surface area contributed by atoms with Crippen molar-refractivity contribution >= 4 is 17.7 Å². The molecule has 4 rings (SSSR count). The van der Waals surface area contributed by atoms with E-state index in [0.29, 0.717) is 31.7 Å². The normalized spacial score (nSPS) is 19.1. The second kappa shape index (κ2) is 7.51. The summed E-state index contributed by atoms with van der Waals surface area (Å²) in [5, 5.41) is 10.7. The van der Waals surface area contributed by atoms with Crippen LogP contribution in [-0.2, 0) is 27.4 Å². The lowest BCUT2D eigenvalue weighted by Crippen LogP contribution is -2.52. The topological polar surface area (TPSA) is 106 Å². The fraction of sp³-hybridized carbons (Fsp3) is 0.421. The van der Waals surface area contributed by atoms with Crippen LogP contribution in [0.15, 0.2) is 24.4 Å². The van der Waals surface area contributed by atoms with Crippen LogP contribution in [0.25, 0.3) is 11.3 Å². The average Bonchev–Trinajstić information content (AvgIpc) is 3.27. The van der Waals surface area contributed by atoms with Gasteiger partial charge < -0.3 is 9.64 Å². The number of aryl methyl sites for hydroxylation is 1. The lowest BCUT2D eigenvalue weighted by molar-refractivity contribution is -0.136. The van der Waals surface area contributed by atoms with E-state index in [0.717, 1.165) is 23.2 Å². The van der Waals surface area contributed by atoms with Gasteiger partial charge in [-0.2, -0.15) is 0 Å². The summed E-state index contributed by atoms with van der Waals surface area (Å²) in [6, 6.07) is 4.92. The lowest BCUT2D eigenvalue weighted by Gasteiger charge is -2.29. The minimum absolute atomic E-state index is 0.181. The first-order chi connectivity index (χ1) is 13.6. The molecule has 0 radical (unpaired) electrons. The predicted octanol–water partition coefficient (Wildman–Crippen LogP) is 0.743. The maximum Gasteiger partial charge on any atom is 0.255 e. The van der Waals surface area contributed by atoms with Gasteiger partial charge in [-0.25, -0.2) is 0 Å². The van der Waals surface area contributed by atoms with Gasteiger partial charge in [0.25, 0.3) is 5.91 Å². The van der Waals surface area contributed by atoms with Crippen LogP contribution in [0.3, 0.4) is 0 Å². The molecule has 1 saturated heterocycles. The number of carbonyl (C=O) groups excluding carboxylic acids is 3. The van der Waals surface area contributed by atoms with Gasteiger partial charge in [0.15, 0.2) is 0 Å². The van der Waals surface area contributed by atoms with Crippen molar-refractivity contribution in [2.24, 2.45) is 0 Å². The van der Waals surface area contributed by atoms with Crippen molar-refractivity contribution < 1.29 is 19.1 Å². The number of nitrogens with one attached hydrogen (secondary N) is 1. The zero-order valence-corrected chi connectivity index (χ0v) is 15.6. The number of fused-ring (bicyclic) bond motifs is 1. The van der Waals surface area contributed by atoms with Crippen LogP contribution in [0.1, 0.15) is 35.2 Å². The molecule has 28 heavy (non-hydrogen) atoms. The van der Waals surface area contributed by atoms with Crippen molar-refractivity contribution in [2.75, 3.05) is 13.7 Å². The summed E-state index contributed by atoms with van der Waals surface area (Å²) in [6.07, 6.45) is 3.31. The van der Waals surface area contributed by atoms with Crippen LogP contribution >= 0.6 is 0 Å². The second-order valence-electron chi connectivity index (χ2n) is 6.99. The van der Waals surface area contributed by atoms with Crippen molar-refractivity contribution in [1.82, 2.24) is 25.2 Å². The zero-order valence-electron chi connectivity index (χ0n) is 15.6. The molecule has 3 heterocycles. The van der Waals surface area contributed by atoms with Gasteiger partial charge in [0.05, 0.1) is 6.20 Å². The van der Waals surface area contributed by atoms with Crippen molar-refractivity contribution in [1.29, 1.82) is 0 Å². The van der Waals surface area contributed by atoms with E-state index in [2.05, 4.69) is 15.6 Å². The molecule has 146 valence electrons. The maximum absolute atomic E-state index is 12.7. The van der Waals surface area contributed by atoms with Gasteiger partial charge in [0.1, 0.15) is 11.7 Å². The molecule has 1 N–H and O–H groups in total. The highest BCUT2D eigenvalue weighted by Gasteiger charge is 2.39. The Morgan fingerprint density at radius 2 is 2.14 bits per heavy atom. The zero-order chi connectivity index (χ0) is 19.7. The molecule has 0 spiro atoms. The van der Waals surface area contributed by atoms with E-state index in [1.807, 2.05) is 18.3 Å². The molecule has 0 bridgehead atoms. The summed E-state index contributed by atoms with van der Waals surface area (Å²) in [5.41, 5.74) is 3.03. The van der Waals surface area contributed by atoms with E-state index >= 15 is 0 Å². The SMILES string of the molecule is COCCCn1cc(-c2ccc3c(c2)CN(C2CCC(=O)NC2=O)C3=O)nn1. The maximum atomic E-state index is 12.7. The third-order valence-corrected chi connectivity index (χ3v) is 5.09. The van der Waals surface area contributed by atoms with Crippen LogP contribution in [0.5, 0.6) is 0 Å². The number of rotatable bonds is 6. The smallest absolute Gasteiger partial charge is 0.255 e. The van der Waals surface area contributed by atoms with Crippen LogP contribution in [0, 0.1) is 0 Å². The molecule has 9 heteroatoms. The van der Waals surface area contributed by atoms with Crippen molar-refractivity contribution in [3.63, 3.8) is 0 Å². The summed E-state index contributed by atoms with van der Waals surface area (Å²) in [6.45, 7) is 1.72. The largest absolute Gasteiger partial charge is 0.385 e. The van der Waals surface area contributed by atoms with E-state index in [-0.39, 0.29) is 18.2 Å². The Labute approximate surface area is 161 Å². The molecule has 1 aromatic carbocycles. The molecule has 0 saturated carbocycles. The molecule has 1 atom stereocenters. The number of aromatic nitrogens is 3. The molecule has 1 unspecified atom stereocenters. The summed E-state index contributed by atoms with van der Waals surface area (Å²) in [4.78, 5) is 37.8. The first kappa shape index (κ1) is 18.3. The highest BCUT2D eigenvalue weighted by molar-refractivity contribution is 6.05. The van der Waals surface area contributed by atoms with Crippen molar-refractivity contribution in [3.05, 3.63) is 35.5 Å². The van der Waals surface area contributed by atoms with Crippen LogP contribution in [-0.4, -0.2) is 57.4 Å². The number of methoxy groups -OCH3 is 1. The Bertz CT molecular complexity index is 938. The Balaban J connectivity index is 1.51. The lowest BCUT2D eigenvalue weighted by atomic mass is 10.0. The van der Waals surface area contributed by atoms with Crippen LogP contribution in [0.4, 0.5) is 0 Å². The summed E-state index contributed by atoms with van der Waals surface area (Å²) < 4.78 is 6.81. The first-order valence-electron chi connectivity index (χ1n) is 9.24. The number of imide groups is 1. The van der Waals surface area contributed by atoms with Gasteiger partial charge in [0.2, 0.25) is 11.8 Å². The fourth-order valence-corrected chi connectivity index (χ4v) is 3.64. The predicted molar refractivity (Wildman–Crippen MR) is 98.0 cm³/mol. The van der Waals surface area contributed by atoms with Gasteiger partial charge >= 0.3 is 0 Å². The van der Waals surface area contributed by atoms with Crippen LogP contribution in [0.2, 0.25) is 0 Å². The summed E-state index contributed by atoms with van der Waals surface area (Å²) in [5.74, 6) is -0.878. The molecular formula is C19H21N5O4. The molecule has 9 nitrogen and oxygen atoms in total. The number of hydrogen-bond donors (Lipinski definition) is 1. The monoisotopic (exact) mass is 383 g/mol. The Morgan fingerprint density at radius 3 is 2.93 bits per heavy atom. The Hall–Kier alpha value is -3.07. The molecule has 2 aliphatic heterocycles. The van der Waals surface area contributed by atoms with E-state index in [1.165, 1.54) is 4.90 Å². The number of benzene rings is 1. The number of hydrogen-bond acceptors (Lipinski definition) is 6. The van der Waals surface area contributed by atoms with Gasteiger partial charge in [-0.15, -0.1) is 5.10 Å². The van der Waals surface area contributed by atoms with E-state index in [9.17, 15) is 14.4 Å². The number of piperidine rings is 1. The number of carbonyl (C=O) groups is 3. The van der Waals surface area contributed by atoms with Gasteiger partial charge in [-0.05, 0) is 30.5 Å². The molecule has 2 aliphatic rings. The van der Waals surface area contributed by atoms with Gasteiger partial charge in [0, 0.05) is 44.4 Å². The molecule has 3 amide bonds. The number of ether oxygens (including phenoxy) is 1. The van der Waals surface area contributed by atoms with Crippen molar-refractivity contribution in [2.45, 2.75) is 38.4 Å². The highest BCUT2D eigenvalue weighted by Crippen LogP contribution is 2.30. The number of nitrogens with zero attached hydrogens (tertiary/aromatic N) is 4. The highest BCUT2D eigenvalue weighted by atomic mass is 16.5. The molecule has 1 fully saturated rings.